The molecule has 1 aromatic carbocycles. The molecule has 0 amide bonds. The summed E-state index contributed by atoms with van der Waals surface area (Å²) in [5.74, 6) is 0.989. The summed E-state index contributed by atoms with van der Waals surface area (Å²) >= 11 is 0. The van der Waals surface area contributed by atoms with Crippen molar-refractivity contribution in [3.05, 3.63) is 45.6 Å². The number of allylic oxidation sites excluding steroid dienone is 1. The summed E-state index contributed by atoms with van der Waals surface area (Å²) in [4.78, 5) is 10.7. The van der Waals surface area contributed by atoms with E-state index in [0.29, 0.717) is 6.42 Å². The normalized spacial score (nSPS) is 12.0. The average Bonchev–Trinajstić information content (AvgIpc) is 2.26. The van der Waals surface area contributed by atoms with Gasteiger partial charge in [0, 0.05) is 12.5 Å². The number of rotatable bonds is 6. The SMILES string of the molecule is CC(C)CC(=Cc1cccc(OC(C)C)c1)[N+](=O)[O-]. The van der Waals surface area contributed by atoms with Crippen molar-refractivity contribution in [3.63, 3.8) is 0 Å². The molecule has 0 aliphatic heterocycles. The molecular formula is C15H21NO3. The molecule has 1 aromatic rings. The molecule has 1 rings (SSSR count). The van der Waals surface area contributed by atoms with Crippen molar-refractivity contribution in [1.82, 2.24) is 0 Å². The average molecular weight is 263 g/mol. The number of nitrogens with zero attached hydrogens (tertiary/aromatic N) is 1. The first-order chi connectivity index (χ1) is 8.88. The minimum atomic E-state index is -0.310. The van der Waals surface area contributed by atoms with Crippen molar-refractivity contribution in [2.24, 2.45) is 5.92 Å². The third kappa shape index (κ3) is 5.55. The van der Waals surface area contributed by atoms with Crippen molar-refractivity contribution in [2.45, 2.75) is 40.2 Å². The summed E-state index contributed by atoms with van der Waals surface area (Å²) in [6.07, 6.45) is 2.17. The van der Waals surface area contributed by atoms with Gasteiger partial charge in [-0.25, -0.2) is 0 Å². The molecule has 0 unspecified atom stereocenters. The number of nitro groups is 1. The van der Waals surface area contributed by atoms with Crippen LogP contribution in [-0.2, 0) is 0 Å². The molecule has 0 aliphatic carbocycles. The van der Waals surface area contributed by atoms with E-state index in [-0.39, 0.29) is 22.6 Å². The van der Waals surface area contributed by atoms with Crippen LogP contribution >= 0.6 is 0 Å². The molecule has 0 bridgehead atoms. The maximum Gasteiger partial charge on any atom is 0.247 e. The van der Waals surface area contributed by atoms with Crippen LogP contribution in [0.5, 0.6) is 5.75 Å². The molecule has 4 nitrogen and oxygen atoms in total. The van der Waals surface area contributed by atoms with Gasteiger partial charge < -0.3 is 4.74 Å². The van der Waals surface area contributed by atoms with E-state index in [0.717, 1.165) is 11.3 Å². The van der Waals surface area contributed by atoms with Crippen LogP contribution in [0.2, 0.25) is 0 Å². The fraction of sp³-hybridized carbons (Fsp3) is 0.467. The van der Waals surface area contributed by atoms with E-state index >= 15 is 0 Å². The first-order valence-corrected chi connectivity index (χ1v) is 6.50. The van der Waals surface area contributed by atoms with Gasteiger partial charge in [0.05, 0.1) is 11.0 Å². The summed E-state index contributed by atoms with van der Waals surface area (Å²) in [5, 5.41) is 11.0. The Bertz CT molecular complexity index is 464. The predicted molar refractivity (Wildman–Crippen MR) is 76.6 cm³/mol. The number of ether oxygens (including phenoxy) is 1. The van der Waals surface area contributed by atoms with Crippen molar-refractivity contribution in [2.75, 3.05) is 0 Å². The standard InChI is InChI=1S/C15H21NO3/c1-11(2)8-14(16(17)18)9-13-6-5-7-15(10-13)19-12(3)4/h5-7,9-12H,8H2,1-4H3. The molecule has 0 aliphatic rings. The highest BCUT2D eigenvalue weighted by atomic mass is 16.6. The first-order valence-electron chi connectivity index (χ1n) is 6.50. The summed E-state index contributed by atoms with van der Waals surface area (Å²) in [6, 6.07) is 7.36. The van der Waals surface area contributed by atoms with Crippen LogP contribution in [0.3, 0.4) is 0 Å². The van der Waals surface area contributed by atoms with Crippen molar-refractivity contribution < 1.29 is 9.66 Å². The second kappa shape index (κ2) is 6.92. The van der Waals surface area contributed by atoms with Gasteiger partial charge in [-0.05, 0) is 37.5 Å². The minimum absolute atomic E-state index is 0.0879. The largest absolute Gasteiger partial charge is 0.491 e. The Morgan fingerprint density at radius 1 is 1.37 bits per heavy atom. The minimum Gasteiger partial charge on any atom is -0.491 e. The molecular weight excluding hydrogens is 242 g/mol. The fourth-order valence-corrected chi connectivity index (χ4v) is 1.75. The maximum absolute atomic E-state index is 11.0. The predicted octanol–water partition coefficient (Wildman–Crippen LogP) is 4.14. The van der Waals surface area contributed by atoms with Gasteiger partial charge in [0.1, 0.15) is 5.75 Å². The van der Waals surface area contributed by atoms with Crippen LogP contribution in [0.25, 0.3) is 6.08 Å². The highest BCUT2D eigenvalue weighted by Crippen LogP contribution is 2.20. The number of hydrogen-bond acceptors (Lipinski definition) is 3. The molecule has 0 aromatic heterocycles. The maximum atomic E-state index is 11.0. The van der Waals surface area contributed by atoms with Crippen molar-refractivity contribution >= 4 is 6.08 Å². The van der Waals surface area contributed by atoms with E-state index in [1.54, 1.807) is 6.08 Å². The lowest BCUT2D eigenvalue weighted by molar-refractivity contribution is -0.427. The lowest BCUT2D eigenvalue weighted by Crippen LogP contribution is -2.05. The van der Waals surface area contributed by atoms with Gasteiger partial charge in [0.2, 0.25) is 5.70 Å². The molecule has 0 N–H and O–H groups in total. The van der Waals surface area contributed by atoms with E-state index in [4.69, 9.17) is 4.74 Å². The quantitative estimate of drug-likeness (QED) is 0.572. The molecule has 4 heteroatoms. The summed E-state index contributed by atoms with van der Waals surface area (Å²) < 4.78 is 5.58. The molecule has 0 saturated heterocycles. The Morgan fingerprint density at radius 2 is 2.05 bits per heavy atom. The van der Waals surface area contributed by atoms with E-state index < -0.39 is 0 Å². The summed E-state index contributed by atoms with van der Waals surface area (Å²) in [5.41, 5.74) is 1.03. The monoisotopic (exact) mass is 263 g/mol. The van der Waals surface area contributed by atoms with Crippen LogP contribution in [0.4, 0.5) is 0 Å². The second-order valence-electron chi connectivity index (χ2n) is 5.23. The van der Waals surface area contributed by atoms with Gasteiger partial charge in [0.25, 0.3) is 0 Å². The zero-order chi connectivity index (χ0) is 14.4. The molecule has 19 heavy (non-hydrogen) atoms. The van der Waals surface area contributed by atoms with E-state index in [1.807, 2.05) is 52.0 Å². The van der Waals surface area contributed by atoms with Gasteiger partial charge in [-0.3, -0.25) is 10.1 Å². The van der Waals surface area contributed by atoms with Gasteiger partial charge in [-0.1, -0.05) is 26.0 Å². The van der Waals surface area contributed by atoms with Crippen LogP contribution in [-0.4, -0.2) is 11.0 Å². The van der Waals surface area contributed by atoms with E-state index in [9.17, 15) is 10.1 Å². The van der Waals surface area contributed by atoms with Gasteiger partial charge in [-0.15, -0.1) is 0 Å². The third-order valence-corrected chi connectivity index (χ3v) is 2.42. The number of benzene rings is 1. The smallest absolute Gasteiger partial charge is 0.247 e. The van der Waals surface area contributed by atoms with Crippen LogP contribution in [0.1, 0.15) is 39.7 Å². The van der Waals surface area contributed by atoms with E-state index in [2.05, 4.69) is 0 Å². The van der Waals surface area contributed by atoms with Crippen LogP contribution < -0.4 is 4.74 Å². The fourth-order valence-electron chi connectivity index (χ4n) is 1.75. The topological polar surface area (TPSA) is 52.4 Å². The Morgan fingerprint density at radius 3 is 2.58 bits per heavy atom. The Balaban J connectivity index is 2.97. The van der Waals surface area contributed by atoms with E-state index in [1.165, 1.54) is 0 Å². The second-order valence-corrected chi connectivity index (χ2v) is 5.23. The third-order valence-electron chi connectivity index (χ3n) is 2.42. The van der Waals surface area contributed by atoms with Gasteiger partial charge in [-0.2, -0.15) is 0 Å². The Labute approximate surface area is 114 Å². The Hall–Kier alpha value is -1.84. The zero-order valence-electron chi connectivity index (χ0n) is 11.9. The van der Waals surface area contributed by atoms with Gasteiger partial charge >= 0.3 is 0 Å². The summed E-state index contributed by atoms with van der Waals surface area (Å²) in [7, 11) is 0. The molecule has 0 radical (unpaired) electrons. The molecule has 0 heterocycles. The molecule has 0 spiro atoms. The van der Waals surface area contributed by atoms with Crippen molar-refractivity contribution in [1.29, 1.82) is 0 Å². The molecule has 104 valence electrons. The first kappa shape index (κ1) is 15.2. The lowest BCUT2D eigenvalue weighted by atomic mass is 10.1. The molecule has 0 fully saturated rings. The number of hydrogen-bond donors (Lipinski definition) is 0. The lowest BCUT2D eigenvalue weighted by Gasteiger charge is -2.10. The summed E-state index contributed by atoms with van der Waals surface area (Å²) in [6.45, 7) is 7.83. The highest BCUT2D eigenvalue weighted by Gasteiger charge is 2.13. The van der Waals surface area contributed by atoms with Crippen LogP contribution in [0, 0.1) is 16.0 Å². The van der Waals surface area contributed by atoms with Crippen molar-refractivity contribution in [3.8, 4) is 5.75 Å². The van der Waals surface area contributed by atoms with Crippen LogP contribution in [0.15, 0.2) is 30.0 Å². The molecule has 0 saturated carbocycles. The zero-order valence-corrected chi connectivity index (χ0v) is 11.9. The van der Waals surface area contributed by atoms with Gasteiger partial charge in [0.15, 0.2) is 0 Å². The molecule has 0 atom stereocenters. The highest BCUT2D eigenvalue weighted by molar-refractivity contribution is 5.53. The Kier molecular flexibility index (Phi) is 5.55.